The molecule has 3 nitrogen and oxygen atoms in total. The summed E-state index contributed by atoms with van der Waals surface area (Å²) in [5.41, 5.74) is 0.906. The normalized spacial score (nSPS) is 12.0. The van der Waals surface area contributed by atoms with Gasteiger partial charge in [-0.2, -0.15) is 0 Å². The van der Waals surface area contributed by atoms with Crippen LogP contribution in [0, 0.1) is 0 Å². The van der Waals surface area contributed by atoms with E-state index in [2.05, 4.69) is 15.3 Å². The van der Waals surface area contributed by atoms with Gasteiger partial charge in [-0.1, -0.05) is 41.7 Å². The van der Waals surface area contributed by atoms with Crippen LogP contribution in [0.2, 0.25) is 0 Å². The lowest BCUT2D eigenvalue weighted by molar-refractivity contribution is 0.712. The first-order valence-corrected chi connectivity index (χ1v) is 4.99. The Kier molecular flexibility index (Phi) is 3.86. The Labute approximate surface area is 91.8 Å². The first kappa shape index (κ1) is 11.1. The molecular formula is C7H10Cl3N3. The molecule has 13 heavy (non-hydrogen) atoms. The van der Waals surface area contributed by atoms with Crippen molar-refractivity contribution in [3.05, 3.63) is 17.7 Å². The topological polar surface area (TPSA) is 40.7 Å². The number of alkyl halides is 3. The molecule has 0 spiro atoms. The SMILES string of the molecule is CCNCc1cnc(C(Cl)(Cl)Cl)[nH]1. The molecule has 0 unspecified atom stereocenters. The Bertz CT molecular complexity index is 266. The van der Waals surface area contributed by atoms with Crippen molar-refractivity contribution in [1.29, 1.82) is 0 Å². The highest BCUT2D eigenvalue weighted by atomic mass is 35.6. The maximum atomic E-state index is 5.62. The van der Waals surface area contributed by atoms with Crippen molar-refractivity contribution in [3.8, 4) is 0 Å². The van der Waals surface area contributed by atoms with Crippen molar-refractivity contribution in [1.82, 2.24) is 15.3 Å². The maximum Gasteiger partial charge on any atom is 0.248 e. The minimum Gasteiger partial charge on any atom is -0.341 e. The molecule has 74 valence electrons. The zero-order valence-electron chi connectivity index (χ0n) is 7.07. The standard InChI is InChI=1S/C7H10Cl3N3/c1-2-11-3-5-4-12-6(13-5)7(8,9)10/h4,11H,2-3H2,1H3,(H,12,13). The Morgan fingerprint density at radius 2 is 2.23 bits per heavy atom. The summed E-state index contributed by atoms with van der Waals surface area (Å²) >= 11 is 16.9. The molecule has 2 N–H and O–H groups in total. The molecule has 0 aliphatic heterocycles. The molecule has 1 heterocycles. The molecule has 6 heteroatoms. The van der Waals surface area contributed by atoms with E-state index < -0.39 is 3.79 Å². The number of hydrogen-bond acceptors (Lipinski definition) is 2. The summed E-state index contributed by atoms with van der Waals surface area (Å²) in [6.07, 6.45) is 1.65. The van der Waals surface area contributed by atoms with E-state index in [0.29, 0.717) is 12.4 Å². The van der Waals surface area contributed by atoms with Gasteiger partial charge in [-0.25, -0.2) is 4.98 Å². The lowest BCUT2D eigenvalue weighted by Crippen LogP contribution is -2.12. The van der Waals surface area contributed by atoms with Gasteiger partial charge in [0.25, 0.3) is 0 Å². The number of rotatable bonds is 3. The third kappa shape index (κ3) is 3.35. The molecule has 0 atom stereocenters. The number of imidazole rings is 1. The van der Waals surface area contributed by atoms with Crippen molar-refractivity contribution in [2.24, 2.45) is 0 Å². The molecule has 1 aromatic heterocycles. The predicted molar refractivity (Wildman–Crippen MR) is 55.2 cm³/mol. The fourth-order valence-corrected chi connectivity index (χ4v) is 1.14. The molecule has 0 aliphatic carbocycles. The van der Waals surface area contributed by atoms with Crippen molar-refractivity contribution >= 4 is 34.8 Å². The van der Waals surface area contributed by atoms with E-state index in [1.807, 2.05) is 6.92 Å². The highest BCUT2D eigenvalue weighted by molar-refractivity contribution is 6.66. The van der Waals surface area contributed by atoms with Gasteiger partial charge >= 0.3 is 0 Å². The van der Waals surface area contributed by atoms with Crippen LogP contribution in [0.5, 0.6) is 0 Å². The van der Waals surface area contributed by atoms with Crippen molar-refractivity contribution in [2.75, 3.05) is 6.54 Å². The third-order valence-electron chi connectivity index (χ3n) is 1.46. The zero-order valence-corrected chi connectivity index (χ0v) is 9.34. The smallest absolute Gasteiger partial charge is 0.248 e. The van der Waals surface area contributed by atoms with Crippen LogP contribution in [-0.2, 0) is 10.3 Å². The summed E-state index contributed by atoms with van der Waals surface area (Å²) in [6, 6.07) is 0. The molecule has 0 saturated carbocycles. The molecule has 0 radical (unpaired) electrons. The summed E-state index contributed by atoms with van der Waals surface area (Å²) in [5.74, 6) is 0.352. The highest BCUT2D eigenvalue weighted by Gasteiger charge is 2.26. The van der Waals surface area contributed by atoms with E-state index in [-0.39, 0.29) is 0 Å². The third-order valence-corrected chi connectivity index (χ3v) is 2.00. The number of halogens is 3. The molecule has 0 amide bonds. The Hall–Kier alpha value is 0.0400. The zero-order chi connectivity index (χ0) is 9.90. The molecular weight excluding hydrogens is 232 g/mol. The van der Waals surface area contributed by atoms with E-state index in [0.717, 1.165) is 12.2 Å². The van der Waals surface area contributed by atoms with Crippen LogP contribution in [-0.4, -0.2) is 16.5 Å². The Morgan fingerprint density at radius 1 is 1.54 bits per heavy atom. The van der Waals surface area contributed by atoms with Crippen LogP contribution < -0.4 is 5.32 Å². The second-order valence-electron chi connectivity index (χ2n) is 2.54. The van der Waals surface area contributed by atoms with Gasteiger partial charge in [-0.15, -0.1) is 0 Å². The lowest BCUT2D eigenvalue weighted by Gasteiger charge is -2.05. The van der Waals surface area contributed by atoms with Crippen molar-refractivity contribution in [3.63, 3.8) is 0 Å². The average Bonchev–Trinajstić information content (AvgIpc) is 2.47. The monoisotopic (exact) mass is 241 g/mol. The van der Waals surface area contributed by atoms with Crippen LogP contribution in [0.3, 0.4) is 0 Å². The molecule has 0 aliphatic rings. The summed E-state index contributed by atoms with van der Waals surface area (Å²) in [6.45, 7) is 3.61. The van der Waals surface area contributed by atoms with E-state index in [9.17, 15) is 0 Å². The molecule has 1 aromatic rings. The van der Waals surface area contributed by atoms with E-state index in [1.54, 1.807) is 6.20 Å². The fourth-order valence-electron chi connectivity index (χ4n) is 0.853. The quantitative estimate of drug-likeness (QED) is 0.799. The van der Waals surface area contributed by atoms with Gasteiger partial charge in [0.05, 0.1) is 0 Å². The molecule has 0 bridgehead atoms. The van der Waals surface area contributed by atoms with Crippen molar-refractivity contribution in [2.45, 2.75) is 17.3 Å². The minimum absolute atomic E-state index is 0.352. The van der Waals surface area contributed by atoms with Crippen LogP contribution in [0.4, 0.5) is 0 Å². The van der Waals surface area contributed by atoms with E-state index in [4.69, 9.17) is 34.8 Å². The maximum absolute atomic E-state index is 5.62. The fraction of sp³-hybridized carbons (Fsp3) is 0.571. The van der Waals surface area contributed by atoms with Crippen LogP contribution in [0.1, 0.15) is 18.4 Å². The van der Waals surface area contributed by atoms with Crippen LogP contribution >= 0.6 is 34.8 Å². The summed E-state index contributed by atoms with van der Waals surface area (Å²) in [5, 5.41) is 3.13. The van der Waals surface area contributed by atoms with Gasteiger partial charge in [0, 0.05) is 18.4 Å². The lowest BCUT2D eigenvalue weighted by atomic mass is 10.5. The van der Waals surface area contributed by atoms with Crippen LogP contribution in [0.15, 0.2) is 6.20 Å². The molecule has 1 rings (SSSR count). The predicted octanol–water partition coefficient (Wildman–Crippen LogP) is 2.35. The summed E-state index contributed by atoms with van der Waals surface area (Å²) in [7, 11) is 0. The molecule has 0 saturated heterocycles. The Morgan fingerprint density at radius 3 is 2.69 bits per heavy atom. The number of hydrogen-bond donors (Lipinski definition) is 2. The van der Waals surface area contributed by atoms with Crippen LogP contribution in [0.25, 0.3) is 0 Å². The second kappa shape index (κ2) is 4.51. The molecule has 0 fully saturated rings. The summed E-state index contributed by atoms with van der Waals surface area (Å²) < 4.78 is -1.47. The van der Waals surface area contributed by atoms with E-state index in [1.165, 1.54) is 0 Å². The first-order valence-electron chi connectivity index (χ1n) is 3.86. The van der Waals surface area contributed by atoms with Gasteiger partial charge in [-0.05, 0) is 6.54 Å². The minimum atomic E-state index is -1.47. The highest BCUT2D eigenvalue weighted by Crippen LogP contribution is 2.35. The number of aromatic nitrogens is 2. The van der Waals surface area contributed by atoms with Crippen molar-refractivity contribution < 1.29 is 0 Å². The number of nitrogens with zero attached hydrogens (tertiary/aromatic N) is 1. The largest absolute Gasteiger partial charge is 0.341 e. The van der Waals surface area contributed by atoms with Gasteiger partial charge in [-0.3, -0.25) is 0 Å². The summed E-state index contributed by atoms with van der Waals surface area (Å²) in [4.78, 5) is 6.87. The van der Waals surface area contributed by atoms with Gasteiger partial charge in [0.1, 0.15) is 0 Å². The van der Waals surface area contributed by atoms with Gasteiger partial charge in [0.15, 0.2) is 5.82 Å². The number of aromatic amines is 1. The van der Waals surface area contributed by atoms with Gasteiger partial charge in [0.2, 0.25) is 3.79 Å². The van der Waals surface area contributed by atoms with E-state index >= 15 is 0 Å². The van der Waals surface area contributed by atoms with Gasteiger partial charge < -0.3 is 10.3 Å². The Balaban J connectivity index is 2.64. The molecule has 0 aromatic carbocycles. The number of H-pyrrole nitrogens is 1. The first-order chi connectivity index (χ1) is 6.04. The number of nitrogens with one attached hydrogen (secondary N) is 2. The average molecular weight is 243 g/mol. The second-order valence-corrected chi connectivity index (χ2v) is 4.82.